The third-order valence-corrected chi connectivity index (χ3v) is 7.57. The Hall–Kier alpha value is -4.33. The number of carbonyl (C=O) groups is 1. The minimum Gasteiger partial charge on any atom is -0.478 e. The summed E-state index contributed by atoms with van der Waals surface area (Å²) in [6.45, 7) is 0.764. The molecule has 0 saturated heterocycles. The molecule has 0 bridgehead atoms. The van der Waals surface area contributed by atoms with E-state index in [9.17, 15) is 39.6 Å². The second kappa shape index (κ2) is 10.3. The molecule has 0 aliphatic rings. The van der Waals surface area contributed by atoms with Crippen molar-refractivity contribution in [3.63, 3.8) is 0 Å². The van der Waals surface area contributed by atoms with E-state index in [2.05, 4.69) is 9.72 Å². The number of ether oxygens (including phenoxy) is 1. The standard InChI is InChI=1S/C26H18F6N2O5S/c1-15-20-4-2-3-5-21(20)22(25(27,28)29)33-23(15)34(14-16-6-10-18(11-7-16)39-26(30,31)32)40(37,38)19-12-8-17(9-13-19)24(35)36/h2-13H,14H2,1H3,(H,35,36). The molecule has 3 aromatic carbocycles. The number of carboxylic acid groups (broad SMARTS) is 1. The molecular weight excluding hydrogens is 566 g/mol. The Bertz CT molecular complexity index is 1670. The highest BCUT2D eigenvalue weighted by atomic mass is 32.2. The number of hydrogen-bond acceptors (Lipinski definition) is 5. The summed E-state index contributed by atoms with van der Waals surface area (Å²) in [6.07, 6.45) is -9.93. The summed E-state index contributed by atoms with van der Waals surface area (Å²) in [6, 6.07) is 13.5. The van der Waals surface area contributed by atoms with Gasteiger partial charge in [0.05, 0.1) is 17.0 Å². The molecule has 210 valence electrons. The van der Waals surface area contributed by atoms with E-state index < -0.39 is 57.2 Å². The molecule has 0 atom stereocenters. The van der Waals surface area contributed by atoms with Crippen LogP contribution in [-0.4, -0.2) is 30.8 Å². The molecule has 1 heterocycles. The molecule has 1 aromatic heterocycles. The number of alkyl halides is 6. The first-order valence-corrected chi connectivity index (χ1v) is 12.7. The van der Waals surface area contributed by atoms with E-state index in [4.69, 9.17) is 5.11 Å². The number of hydrogen-bond donors (Lipinski definition) is 1. The van der Waals surface area contributed by atoms with Gasteiger partial charge in [-0.05, 0) is 54.3 Å². The van der Waals surface area contributed by atoms with Gasteiger partial charge in [0, 0.05) is 10.9 Å². The van der Waals surface area contributed by atoms with Crippen LogP contribution in [0.2, 0.25) is 0 Å². The SMILES string of the molecule is Cc1c(N(Cc2ccc(OC(F)(F)F)cc2)S(=O)(=O)c2ccc(C(=O)O)cc2)nc(C(F)(F)F)c2ccccc12. The Labute approximate surface area is 223 Å². The van der Waals surface area contributed by atoms with Crippen molar-refractivity contribution in [2.75, 3.05) is 4.31 Å². The fourth-order valence-electron chi connectivity index (χ4n) is 3.98. The molecule has 4 aromatic rings. The zero-order valence-corrected chi connectivity index (χ0v) is 21.1. The van der Waals surface area contributed by atoms with E-state index >= 15 is 0 Å². The average Bonchev–Trinajstić information content (AvgIpc) is 2.87. The molecule has 0 spiro atoms. The average molecular weight is 584 g/mol. The summed E-state index contributed by atoms with van der Waals surface area (Å²) < 4.78 is 112. The van der Waals surface area contributed by atoms with E-state index in [0.29, 0.717) is 4.31 Å². The third-order valence-electron chi connectivity index (χ3n) is 5.82. The van der Waals surface area contributed by atoms with Crippen LogP contribution in [0.15, 0.2) is 77.7 Å². The largest absolute Gasteiger partial charge is 0.573 e. The zero-order chi connectivity index (χ0) is 29.5. The van der Waals surface area contributed by atoms with Crippen LogP contribution in [0.4, 0.5) is 32.2 Å². The second-order valence-corrected chi connectivity index (χ2v) is 10.3. The Morgan fingerprint density at radius 1 is 0.900 bits per heavy atom. The first-order valence-electron chi connectivity index (χ1n) is 11.3. The number of pyridine rings is 1. The molecule has 40 heavy (non-hydrogen) atoms. The normalized spacial score (nSPS) is 12.4. The van der Waals surface area contributed by atoms with Crippen molar-refractivity contribution < 1.29 is 49.4 Å². The first-order chi connectivity index (χ1) is 18.6. The zero-order valence-electron chi connectivity index (χ0n) is 20.3. The molecule has 1 N–H and O–H groups in total. The number of aryl methyl sites for hydroxylation is 1. The lowest BCUT2D eigenvalue weighted by atomic mass is 10.0. The maximum Gasteiger partial charge on any atom is 0.573 e. The van der Waals surface area contributed by atoms with Crippen LogP contribution in [0.1, 0.15) is 27.2 Å². The molecule has 4 rings (SSSR count). The van der Waals surface area contributed by atoms with Crippen LogP contribution in [0, 0.1) is 6.92 Å². The lowest BCUT2D eigenvalue weighted by molar-refractivity contribution is -0.274. The lowest BCUT2D eigenvalue weighted by Gasteiger charge is -2.27. The molecule has 7 nitrogen and oxygen atoms in total. The molecule has 0 saturated carbocycles. The van der Waals surface area contributed by atoms with Crippen molar-refractivity contribution in [1.82, 2.24) is 4.98 Å². The molecular formula is C26H18F6N2O5S. The van der Waals surface area contributed by atoms with Gasteiger partial charge in [-0.15, -0.1) is 13.2 Å². The fraction of sp³-hybridized carbons (Fsp3) is 0.154. The van der Waals surface area contributed by atoms with Crippen LogP contribution in [0.5, 0.6) is 5.75 Å². The molecule has 0 radical (unpaired) electrons. The third kappa shape index (κ3) is 5.96. The predicted octanol–water partition coefficient (Wildman–Crippen LogP) is 6.55. The van der Waals surface area contributed by atoms with Gasteiger partial charge in [0.2, 0.25) is 0 Å². The number of carboxylic acids is 1. The molecule has 0 amide bonds. The van der Waals surface area contributed by atoms with Crippen LogP contribution < -0.4 is 9.04 Å². The van der Waals surface area contributed by atoms with Gasteiger partial charge >= 0.3 is 18.5 Å². The molecule has 0 unspecified atom stereocenters. The predicted molar refractivity (Wildman–Crippen MR) is 131 cm³/mol. The molecule has 0 aliphatic heterocycles. The quantitative estimate of drug-likeness (QED) is 0.248. The van der Waals surface area contributed by atoms with Gasteiger partial charge in [0.25, 0.3) is 10.0 Å². The number of halogens is 6. The van der Waals surface area contributed by atoms with Gasteiger partial charge in [-0.3, -0.25) is 0 Å². The Balaban J connectivity index is 1.91. The summed E-state index contributed by atoms with van der Waals surface area (Å²) in [5, 5.41) is 8.96. The van der Waals surface area contributed by atoms with E-state index in [1.54, 1.807) is 0 Å². The van der Waals surface area contributed by atoms with Gasteiger partial charge in [0.15, 0.2) is 5.69 Å². The first kappa shape index (κ1) is 28.7. The van der Waals surface area contributed by atoms with Crippen molar-refractivity contribution in [2.45, 2.75) is 30.9 Å². The molecule has 0 fully saturated rings. The highest BCUT2D eigenvalue weighted by molar-refractivity contribution is 7.92. The Morgan fingerprint density at radius 3 is 2.00 bits per heavy atom. The number of nitrogens with zero attached hydrogens (tertiary/aromatic N) is 2. The van der Waals surface area contributed by atoms with Crippen molar-refractivity contribution in [3.05, 3.63) is 95.2 Å². The Kier molecular flexibility index (Phi) is 7.41. The van der Waals surface area contributed by atoms with E-state index in [1.165, 1.54) is 31.2 Å². The number of sulfonamides is 1. The van der Waals surface area contributed by atoms with Crippen molar-refractivity contribution in [2.24, 2.45) is 0 Å². The molecule has 0 aliphatic carbocycles. The van der Waals surface area contributed by atoms with Crippen LogP contribution in [0.25, 0.3) is 10.8 Å². The van der Waals surface area contributed by atoms with Crippen molar-refractivity contribution >= 4 is 32.6 Å². The van der Waals surface area contributed by atoms with Crippen LogP contribution >= 0.6 is 0 Å². The summed E-state index contributed by atoms with van der Waals surface area (Å²) in [5.41, 5.74) is -1.38. The monoisotopic (exact) mass is 584 g/mol. The van der Waals surface area contributed by atoms with Crippen molar-refractivity contribution in [1.29, 1.82) is 0 Å². The number of benzene rings is 3. The van der Waals surface area contributed by atoms with E-state index in [-0.39, 0.29) is 27.5 Å². The van der Waals surface area contributed by atoms with Gasteiger partial charge in [-0.25, -0.2) is 22.5 Å². The number of anilines is 1. The second-order valence-electron chi connectivity index (χ2n) is 8.49. The van der Waals surface area contributed by atoms with Gasteiger partial charge < -0.3 is 9.84 Å². The number of aromatic carboxylic acids is 1. The van der Waals surface area contributed by atoms with Gasteiger partial charge in [0.1, 0.15) is 11.6 Å². The maximum absolute atomic E-state index is 14.0. The number of fused-ring (bicyclic) bond motifs is 1. The van der Waals surface area contributed by atoms with Crippen LogP contribution in [-0.2, 0) is 22.7 Å². The Morgan fingerprint density at radius 2 is 1.48 bits per heavy atom. The van der Waals surface area contributed by atoms with Gasteiger partial charge in [-0.2, -0.15) is 13.2 Å². The minimum absolute atomic E-state index is 0.0789. The topological polar surface area (TPSA) is 96.8 Å². The number of rotatable bonds is 7. The summed E-state index contributed by atoms with van der Waals surface area (Å²) in [4.78, 5) is 14.5. The molecule has 14 heteroatoms. The highest BCUT2D eigenvalue weighted by Crippen LogP contribution is 2.39. The number of aromatic nitrogens is 1. The van der Waals surface area contributed by atoms with Gasteiger partial charge in [-0.1, -0.05) is 36.4 Å². The smallest absolute Gasteiger partial charge is 0.478 e. The van der Waals surface area contributed by atoms with Crippen LogP contribution in [0.3, 0.4) is 0 Å². The summed E-state index contributed by atoms with van der Waals surface area (Å²) in [7, 11) is -4.69. The maximum atomic E-state index is 14.0. The lowest BCUT2D eigenvalue weighted by Crippen LogP contribution is -2.32. The van der Waals surface area contributed by atoms with Crippen molar-refractivity contribution in [3.8, 4) is 5.75 Å². The highest BCUT2D eigenvalue weighted by Gasteiger charge is 2.38. The fourth-order valence-corrected chi connectivity index (χ4v) is 5.44. The van der Waals surface area contributed by atoms with E-state index in [0.717, 1.165) is 48.5 Å². The summed E-state index contributed by atoms with van der Waals surface area (Å²) in [5.74, 6) is -2.48. The minimum atomic E-state index is -4.97. The summed E-state index contributed by atoms with van der Waals surface area (Å²) >= 11 is 0. The van der Waals surface area contributed by atoms with E-state index in [1.807, 2.05) is 0 Å².